The Morgan fingerprint density at radius 2 is 2.09 bits per heavy atom. The van der Waals surface area contributed by atoms with Gasteiger partial charge in [0.05, 0.1) is 6.20 Å². The zero-order valence-corrected chi connectivity index (χ0v) is 13.5. The number of primary amides is 1. The number of ether oxygens (including phenoxy) is 1. The van der Waals surface area contributed by atoms with Gasteiger partial charge in [0.2, 0.25) is 5.91 Å². The van der Waals surface area contributed by atoms with Crippen LogP contribution in [0.3, 0.4) is 0 Å². The SMILES string of the molecule is NC(=O)C1c2ccc(Br)cc2CC1OC(=O)c1ccc(O)cn1. The van der Waals surface area contributed by atoms with Crippen LogP contribution in [-0.4, -0.2) is 28.1 Å². The molecule has 3 rings (SSSR count). The summed E-state index contributed by atoms with van der Waals surface area (Å²) in [5, 5.41) is 9.20. The molecule has 0 aliphatic heterocycles. The molecular weight excluding hydrogens is 364 g/mol. The van der Waals surface area contributed by atoms with Crippen LogP contribution >= 0.6 is 15.9 Å². The molecule has 2 aromatic rings. The standard InChI is InChI=1S/C16H13BrN2O4/c17-9-1-3-11-8(5-9)6-13(14(11)15(18)21)23-16(22)12-4-2-10(20)7-19-12/h1-5,7,13-14,20H,6H2,(H2,18,21). The van der Waals surface area contributed by atoms with Gasteiger partial charge in [-0.1, -0.05) is 22.0 Å². The van der Waals surface area contributed by atoms with Crippen LogP contribution in [0.4, 0.5) is 0 Å². The molecule has 3 N–H and O–H groups in total. The summed E-state index contributed by atoms with van der Waals surface area (Å²) in [4.78, 5) is 27.8. The summed E-state index contributed by atoms with van der Waals surface area (Å²) < 4.78 is 6.32. The van der Waals surface area contributed by atoms with Crippen LogP contribution in [-0.2, 0) is 16.0 Å². The van der Waals surface area contributed by atoms with Crippen molar-refractivity contribution in [2.24, 2.45) is 5.73 Å². The minimum absolute atomic E-state index is 0.0466. The number of aromatic hydroxyl groups is 1. The first-order chi connectivity index (χ1) is 11.0. The van der Waals surface area contributed by atoms with E-state index in [0.717, 1.165) is 21.8 Å². The molecule has 1 aromatic heterocycles. The third-order valence-corrected chi connectivity index (χ3v) is 4.25. The molecule has 0 bridgehead atoms. The van der Waals surface area contributed by atoms with Crippen LogP contribution < -0.4 is 5.73 Å². The van der Waals surface area contributed by atoms with Gasteiger partial charge in [-0.15, -0.1) is 0 Å². The molecule has 23 heavy (non-hydrogen) atoms. The Balaban J connectivity index is 1.84. The van der Waals surface area contributed by atoms with Crippen molar-refractivity contribution in [1.82, 2.24) is 4.98 Å². The largest absolute Gasteiger partial charge is 0.506 e. The van der Waals surface area contributed by atoms with Crippen molar-refractivity contribution in [3.8, 4) is 5.75 Å². The number of rotatable bonds is 3. The molecule has 0 fully saturated rings. The summed E-state index contributed by atoms with van der Waals surface area (Å²) >= 11 is 3.38. The molecule has 1 aliphatic rings. The number of nitrogens with two attached hydrogens (primary N) is 1. The van der Waals surface area contributed by atoms with Crippen molar-refractivity contribution in [2.75, 3.05) is 0 Å². The third-order valence-electron chi connectivity index (χ3n) is 3.75. The van der Waals surface area contributed by atoms with Crippen LogP contribution in [0, 0.1) is 0 Å². The van der Waals surface area contributed by atoms with Crippen LogP contribution in [0.5, 0.6) is 5.75 Å². The number of nitrogens with zero attached hydrogens (tertiary/aromatic N) is 1. The molecule has 0 saturated carbocycles. The minimum Gasteiger partial charge on any atom is -0.506 e. The van der Waals surface area contributed by atoms with Crippen LogP contribution in [0.1, 0.15) is 27.5 Å². The number of esters is 1. The first-order valence-corrected chi connectivity index (χ1v) is 7.68. The predicted molar refractivity (Wildman–Crippen MR) is 84.9 cm³/mol. The lowest BCUT2D eigenvalue weighted by atomic mass is 9.99. The van der Waals surface area contributed by atoms with E-state index in [1.165, 1.54) is 12.1 Å². The van der Waals surface area contributed by atoms with Gasteiger partial charge in [0.1, 0.15) is 23.5 Å². The number of amides is 1. The second-order valence-electron chi connectivity index (χ2n) is 5.27. The van der Waals surface area contributed by atoms with Gasteiger partial charge >= 0.3 is 5.97 Å². The number of carbonyl (C=O) groups excluding carboxylic acids is 2. The summed E-state index contributed by atoms with van der Waals surface area (Å²) in [6.07, 6.45) is 0.898. The third kappa shape index (κ3) is 3.05. The van der Waals surface area contributed by atoms with Gasteiger partial charge in [0, 0.05) is 10.9 Å². The fourth-order valence-corrected chi connectivity index (χ4v) is 3.15. The Hall–Kier alpha value is -2.41. The number of pyridine rings is 1. The molecule has 0 radical (unpaired) electrons. The molecule has 0 spiro atoms. The molecule has 2 atom stereocenters. The van der Waals surface area contributed by atoms with Crippen molar-refractivity contribution >= 4 is 27.8 Å². The Morgan fingerprint density at radius 1 is 1.30 bits per heavy atom. The maximum absolute atomic E-state index is 12.2. The fraction of sp³-hybridized carbons (Fsp3) is 0.188. The topological polar surface area (TPSA) is 103 Å². The first-order valence-electron chi connectivity index (χ1n) is 6.89. The Labute approximate surface area is 140 Å². The number of hydrogen-bond acceptors (Lipinski definition) is 5. The maximum Gasteiger partial charge on any atom is 0.357 e. The summed E-state index contributed by atoms with van der Waals surface area (Å²) in [6, 6.07) is 8.21. The summed E-state index contributed by atoms with van der Waals surface area (Å²) in [6.45, 7) is 0. The van der Waals surface area contributed by atoms with Gasteiger partial charge in [-0.25, -0.2) is 9.78 Å². The normalized spacial score (nSPS) is 19.2. The Morgan fingerprint density at radius 3 is 2.74 bits per heavy atom. The minimum atomic E-state index is -0.681. The molecule has 1 amide bonds. The molecule has 7 heteroatoms. The number of carbonyl (C=O) groups is 2. The number of benzene rings is 1. The van der Waals surface area contributed by atoms with Gasteiger partial charge in [-0.05, 0) is 35.4 Å². The number of fused-ring (bicyclic) bond motifs is 1. The van der Waals surface area contributed by atoms with E-state index >= 15 is 0 Å². The molecule has 118 valence electrons. The smallest absolute Gasteiger partial charge is 0.357 e. The lowest BCUT2D eigenvalue weighted by Crippen LogP contribution is -2.32. The zero-order valence-electron chi connectivity index (χ0n) is 11.9. The number of hydrogen-bond donors (Lipinski definition) is 2. The highest BCUT2D eigenvalue weighted by molar-refractivity contribution is 9.10. The maximum atomic E-state index is 12.2. The van der Waals surface area contributed by atoms with E-state index in [4.69, 9.17) is 10.5 Å². The van der Waals surface area contributed by atoms with E-state index in [1.807, 2.05) is 18.2 Å². The van der Waals surface area contributed by atoms with E-state index in [0.29, 0.717) is 6.42 Å². The first kappa shape index (κ1) is 15.5. The van der Waals surface area contributed by atoms with E-state index in [-0.39, 0.29) is 11.4 Å². The van der Waals surface area contributed by atoms with Gasteiger partial charge in [0.25, 0.3) is 0 Å². The zero-order chi connectivity index (χ0) is 16.6. The predicted octanol–water partition coefficient (Wildman–Crippen LogP) is 1.90. The van der Waals surface area contributed by atoms with Crippen LogP contribution in [0.15, 0.2) is 41.0 Å². The summed E-state index contributed by atoms with van der Waals surface area (Å²) in [5.41, 5.74) is 7.23. The monoisotopic (exact) mass is 376 g/mol. The van der Waals surface area contributed by atoms with Gasteiger partial charge in [-0.2, -0.15) is 0 Å². The van der Waals surface area contributed by atoms with E-state index in [2.05, 4.69) is 20.9 Å². The Kier molecular flexibility index (Phi) is 4.04. The van der Waals surface area contributed by atoms with E-state index < -0.39 is 23.9 Å². The molecule has 2 unspecified atom stereocenters. The Bertz CT molecular complexity index is 776. The van der Waals surface area contributed by atoms with Gasteiger partial charge in [-0.3, -0.25) is 4.79 Å². The molecule has 0 saturated heterocycles. The van der Waals surface area contributed by atoms with Gasteiger partial charge in [0.15, 0.2) is 0 Å². The van der Waals surface area contributed by atoms with Gasteiger partial charge < -0.3 is 15.6 Å². The lowest BCUT2D eigenvalue weighted by molar-refractivity contribution is -0.121. The molecule has 1 heterocycles. The second-order valence-corrected chi connectivity index (χ2v) is 6.19. The van der Waals surface area contributed by atoms with Crippen molar-refractivity contribution in [3.63, 3.8) is 0 Å². The quantitative estimate of drug-likeness (QED) is 0.796. The van der Waals surface area contributed by atoms with Crippen molar-refractivity contribution < 1.29 is 19.4 Å². The highest BCUT2D eigenvalue weighted by Gasteiger charge is 2.39. The lowest BCUT2D eigenvalue weighted by Gasteiger charge is -2.18. The van der Waals surface area contributed by atoms with E-state index in [1.54, 1.807) is 0 Å². The number of aromatic nitrogens is 1. The van der Waals surface area contributed by atoms with Crippen molar-refractivity contribution in [2.45, 2.75) is 18.4 Å². The van der Waals surface area contributed by atoms with Crippen molar-refractivity contribution in [3.05, 3.63) is 57.8 Å². The molecule has 1 aliphatic carbocycles. The summed E-state index contributed by atoms with van der Waals surface area (Å²) in [7, 11) is 0. The summed E-state index contributed by atoms with van der Waals surface area (Å²) in [5.74, 6) is -1.93. The highest BCUT2D eigenvalue weighted by atomic mass is 79.9. The second kappa shape index (κ2) is 6.00. The molecular formula is C16H13BrN2O4. The average molecular weight is 377 g/mol. The highest BCUT2D eigenvalue weighted by Crippen LogP contribution is 2.36. The molecule has 1 aromatic carbocycles. The molecule has 6 nitrogen and oxygen atoms in total. The number of halogens is 1. The van der Waals surface area contributed by atoms with Crippen LogP contribution in [0.25, 0.3) is 0 Å². The van der Waals surface area contributed by atoms with Crippen molar-refractivity contribution in [1.29, 1.82) is 0 Å². The fourth-order valence-electron chi connectivity index (χ4n) is 2.74. The van der Waals surface area contributed by atoms with E-state index in [9.17, 15) is 14.7 Å². The van der Waals surface area contributed by atoms with Crippen LogP contribution in [0.2, 0.25) is 0 Å². The average Bonchev–Trinajstić information content (AvgIpc) is 2.84.